The highest BCUT2D eigenvalue weighted by molar-refractivity contribution is 7.09. The Kier molecular flexibility index (Phi) is 4.18. The summed E-state index contributed by atoms with van der Waals surface area (Å²) in [6, 6.07) is 0. The van der Waals surface area contributed by atoms with Crippen molar-refractivity contribution in [3.8, 4) is 0 Å². The molecule has 17 heavy (non-hydrogen) atoms. The predicted molar refractivity (Wildman–Crippen MR) is 62.7 cm³/mol. The third-order valence-corrected chi connectivity index (χ3v) is 2.94. The number of hydrogen-bond donors (Lipinski definition) is 1. The van der Waals surface area contributed by atoms with E-state index in [1.165, 1.54) is 0 Å². The Morgan fingerprint density at radius 2 is 2.35 bits per heavy atom. The molecule has 0 spiro atoms. The molecule has 6 nitrogen and oxygen atoms in total. The van der Waals surface area contributed by atoms with Gasteiger partial charge >= 0.3 is 0 Å². The number of ether oxygens (including phenoxy) is 1. The van der Waals surface area contributed by atoms with E-state index in [1.807, 2.05) is 12.3 Å². The van der Waals surface area contributed by atoms with E-state index in [9.17, 15) is 0 Å². The molecule has 0 aliphatic carbocycles. The normalized spacial score (nSPS) is 10.9. The van der Waals surface area contributed by atoms with Crippen molar-refractivity contribution in [2.24, 2.45) is 5.73 Å². The first-order valence-electron chi connectivity index (χ1n) is 5.28. The third kappa shape index (κ3) is 3.58. The van der Waals surface area contributed by atoms with Gasteiger partial charge in [0.2, 0.25) is 0 Å². The molecule has 7 heteroatoms. The quantitative estimate of drug-likeness (QED) is 0.771. The Morgan fingerprint density at radius 1 is 1.47 bits per heavy atom. The summed E-state index contributed by atoms with van der Waals surface area (Å²) in [7, 11) is 0. The molecule has 2 heterocycles. The zero-order valence-electron chi connectivity index (χ0n) is 9.55. The van der Waals surface area contributed by atoms with E-state index in [-0.39, 0.29) is 0 Å². The van der Waals surface area contributed by atoms with E-state index >= 15 is 0 Å². The van der Waals surface area contributed by atoms with Gasteiger partial charge in [0, 0.05) is 17.6 Å². The smallest absolute Gasteiger partial charge is 0.252 e. The van der Waals surface area contributed by atoms with Crippen LogP contribution in [0.25, 0.3) is 0 Å². The highest BCUT2D eigenvalue weighted by Crippen LogP contribution is 2.12. The van der Waals surface area contributed by atoms with E-state index in [1.54, 1.807) is 11.3 Å². The molecule has 0 saturated heterocycles. The fourth-order valence-corrected chi connectivity index (χ4v) is 2.05. The van der Waals surface area contributed by atoms with Crippen LogP contribution in [0.2, 0.25) is 0 Å². The second-order valence-electron chi connectivity index (χ2n) is 3.51. The van der Waals surface area contributed by atoms with Gasteiger partial charge in [-0.25, -0.2) is 4.98 Å². The summed E-state index contributed by atoms with van der Waals surface area (Å²) < 4.78 is 10.2. The van der Waals surface area contributed by atoms with Gasteiger partial charge in [0.1, 0.15) is 11.6 Å². The van der Waals surface area contributed by atoms with Crippen LogP contribution in [0.1, 0.15) is 22.4 Å². The topological polar surface area (TPSA) is 87.1 Å². The first-order valence-corrected chi connectivity index (χ1v) is 6.16. The molecule has 92 valence electrons. The first-order chi connectivity index (χ1) is 8.28. The van der Waals surface area contributed by atoms with Gasteiger partial charge < -0.3 is 15.0 Å². The van der Waals surface area contributed by atoms with Crippen LogP contribution in [0.3, 0.4) is 0 Å². The van der Waals surface area contributed by atoms with Crippen LogP contribution < -0.4 is 5.73 Å². The third-order valence-electron chi connectivity index (χ3n) is 1.97. The number of nitrogens with two attached hydrogens (primary N) is 1. The molecule has 0 unspecified atom stereocenters. The van der Waals surface area contributed by atoms with Crippen molar-refractivity contribution in [3.63, 3.8) is 0 Å². The van der Waals surface area contributed by atoms with Gasteiger partial charge in [0.15, 0.2) is 5.82 Å². The van der Waals surface area contributed by atoms with Crippen LogP contribution in [0, 0.1) is 6.92 Å². The number of thiazole rings is 1. The van der Waals surface area contributed by atoms with E-state index in [2.05, 4.69) is 15.1 Å². The minimum atomic E-state index is 0.307. The monoisotopic (exact) mass is 254 g/mol. The molecule has 0 amide bonds. The number of aromatic nitrogens is 3. The Morgan fingerprint density at radius 3 is 3.06 bits per heavy atom. The minimum absolute atomic E-state index is 0.307. The van der Waals surface area contributed by atoms with Crippen molar-refractivity contribution in [2.45, 2.75) is 20.0 Å². The second-order valence-corrected chi connectivity index (χ2v) is 4.45. The lowest BCUT2D eigenvalue weighted by Crippen LogP contribution is -2.08. The largest absolute Gasteiger partial charge is 0.370 e. The summed E-state index contributed by atoms with van der Waals surface area (Å²) >= 11 is 1.59. The number of aryl methyl sites for hydroxylation is 1. The second kappa shape index (κ2) is 5.85. The molecule has 0 aromatic carbocycles. The van der Waals surface area contributed by atoms with Crippen molar-refractivity contribution in [3.05, 3.63) is 27.8 Å². The van der Waals surface area contributed by atoms with Crippen LogP contribution in [0.15, 0.2) is 9.90 Å². The zero-order chi connectivity index (χ0) is 12.1. The molecular weight excluding hydrogens is 240 g/mol. The minimum Gasteiger partial charge on any atom is -0.370 e. The van der Waals surface area contributed by atoms with Crippen LogP contribution in [0.4, 0.5) is 0 Å². The standard InChI is InChI=1S/C10H14N4O2S/c1-7-6-17-10(12-7)4-8-13-9(16-14-8)5-15-3-2-11/h6H,2-5,11H2,1H3. The lowest BCUT2D eigenvalue weighted by Gasteiger charge is -1.95. The van der Waals surface area contributed by atoms with Gasteiger partial charge in [-0.2, -0.15) is 4.98 Å². The molecule has 2 rings (SSSR count). The Bertz CT molecular complexity index is 468. The summed E-state index contributed by atoms with van der Waals surface area (Å²) in [5.74, 6) is 1.10. The lowest BCUT2D eigenvalue weighted by molar-refractivity contribution is 0.104. The fraction of sp³-hybridized carbons (Fsp3) is 0.500. The van der Waals surface area contributed by atoms with Gasteiger partial charge in [-0.15, -0.1) is 11.3 Å². The summed E-state index contributed by atoms with van der Waals surface area (Å²) in [5.41, 5.74) is 6.32. The van der Waals surface area contributed by atoms with E-state index in [0.717, 1.165) is 10.7 Å². The van der Waals surface area contributed by atoms with Gasteiger partial charge in [-0.1, -0.05) is 5.16 Å². The maximum absolute atomic E-state index is 5.30. The van der Waals surface area contributed by atoms with Gasteiger partial charge in [-0.05, 0) is 6.92 Å². The number of rotatable bonds is 6. The summed E-state index contributed by atoms with van der Waals surface area (Å²) in [6.07, 6.45) is 0.596. The number of nitrogens with zero attached hydrogens (tertiary/aromatic N) is 3. The van der Waals surface area contributed by atoms with E-state index in [0.29, 0.717) is 37.9 Å². The van der Waals surface area contributed by atoms with Crippen LogP contribution in [0.5, 0.6) is 0 Å². The van der Waals surface area contributed by atoms with Gasteiger partial charge in [-0.3, -0.25) is 0 Å². The Balaban J connectivity index is 1.89. The molecule has 0 radical (unpaired) electrons. The maximum Gasteiger partial charge on any atom is 0.252 e. The molecule has 0 fully saturated rings. The van der Waals surface area contributed by atoms with Crippen molar-refractivity contribution >= 4 is 11.3 Å². The lowest BCUT2D eigenvalue weighted by atomic mass is 10.4. The molecule has 2 N–H and O–H groups in total. The van der Waals surface area contributed by atoms with E-state index < -0.39 is 0 Å². The molecule has 0 aliphatic heterocycles. The Hall–Kier alpha value is -1.31. The molecule has 0 aliphatic rings. The van der Waals surface area contributed by atoms with Crippen LogP contribution >= 0.6 is 11.3 Å². The van der Waals surface area contributed by atoms with Crippen LogP contribution in [-0.4, -0.2) is 28.3 Å². The average Bonchev–Trinajstić information content (AvgIpc) is 2.90. The highest BCUT2D eigenvalue weighted by atomic mass is 32.1. The van der Waals surface area contributed by atoms with Crippen molar-refractivity contribution in [1.82, 2.24) is 15.1 Å². The van der Waals surface area contributed by atoms with E-state index in [4.69, 9.17) is 15.0 Å². The van der Waals surface area contributed by atoms with Crippen LogP contribution in [-0.2, 0) is 17.8 Å². The SMILES string of the molecule is Cc1csc(Cc2noc(COCCN)n2)n1. The first kappa shape index (κ1) is 12.2. The molecular formula is C10H14N4O2S. The average molecular weight is 254 g/mol. The molecule has 2 aromatic rings. The summed E-state index contributed by atoms with van der Waals surface area (Å²) in [4.78, 5) is 8.55. The van der Waals surface area contributed by atoms with Gasteiger partial charge in [0.05, 0.1) is 13.0 Å². The highest BCUT2D eigenvalue weighted by Gasteiger charge is 2.09. The molecule has 2 aromatic heterocycles. The molecule has 0 bridgehead atoms. The maximum atomic E-state index is 5.30. The molecule has 0 atom stereocenters. The Labute approximate surface area is 103 Å². The van der Waals surface area contributed by atoms with Gasteiger partial charge in [0.25, 0.3) is 5.89 Å². The zero-order valence-corrected chi connectivity index (χ0v) is 10.4. The fourth-order valence-electron chi connectivity index (χ4n) is 1.28. The predicted octanol–water partition coefficient (Wildman–Crippen LogP) is 0.901. The van der Waals surface area contributed by atoms with Crippen molar-refractivity contribution in [2.75, 3.05) is 13.2 Å². The molecule has 0 saturated carbocycles. The summed E-state index contributed by atoms with van der Waals surface area (Å²) in [5, 5.41) is 6.85. The number of hydrogen-bond acceptors (Lipinski definition) is 7. The van der Waals surface area contributed by atoms with Crippen molar-refractivity contribution < 1.29 is 9.26 Å². The summed E-state index contributed by atoms with van der Waals surface area (Å²) in [6.45, 7) is 3.24. The van der Waals surface area contributed by atoms with Crippen molar-refractivity contribution in [1.29, 1.82) is 0 Å².